The Bertz CT molecular complexity index is 1010. The highest BCUT2D eigenvalue weighted by atomic mass is 35.5. The van der Waals surface area contributed by atoms with Gasteiger partial charge in [0.15, 0.2) is 0 Å². The summed E-state index contributed by atoms with van der Waals surface area (Å²) in [6.45, 7) is 3.55. The number of benzene rings is 1. The molecule has 0 spiro atoms. The quantitative estimate of drug-likeness (QED) is 0.390. The number of halogens is 1. The van der Waals surface area contributed by atoms with Crippen molar-refractivity contribution in [2.75, 3.05) is 11.9 Å². The third-order valence-electron chi connectivity index (χ3n) is 5.17. The molecule has 1 N–H and O–H groups in total. The molecule has 3 rings (SSSR count). The molecule has 32 heavy (non-hydrogen) atoms. The van der Waals surface area contributed by atoms with Gasteiger partial charge in [0.25, 0.3) is 0 Å². The van der Waals surface area contributed by atoms with Crippen LogP contribution in [0.3, 0.4) is 0 Å². The molecule has 8 heteroatoms. The van der Waals surface area contributed by atoms with Crippen molar-refractivity contribution in [3.8, 4) is 0 Å². The Kier molecular flexibility index (Phi) is 8.47. The molecule has 1 aliphatic rings. The lowest BCUT2D eigenvalue weighted by Crippen LogP contribution is -2.21. The summed E-state index contributed by atoms with van der Waals surface area (Å²) in [6.07, 6.45) is 7.80. The van der Waals surface area contributed by atoms with Gasteiger partial charge in [0, 0.05) is 11.1 Å². The molecule has 1 aromatic heterocycles. The summed E-state index contributed by atoms with van der Waals surface area (Å²) in [5.74, 6) is -1.49. The van der Waals surface area contributed by atoms with Gasteiger partial charge in [0.05, 0.1) is 12.2 Å². The predicted molar refractivity (Wildman–Crippen MR) is 126 cm³/mol. The smallest absolute Gasteiger partial charge is 0.348 e. The van der Waals surface area contributed by atoms with E-state index in [1.54, 1.807) is 44.2 Å². The summed E-state index contributed by atoms with van der Waals surface area (Å²) in [5, 5.41) is 3.58. The number of amides is 1. The van der Waals surface area contributed by atoms with E-state index in [2.05, 4.69) is 5.32 Å². The van der Waals surface area contributed by atoms with Gasteiger partial charge < -0.3 is 14.8 Å². The largest absolute Gasteiger partial charge is 0.462 e. The van der Waals surface area contributed by atoms with Crippen LogP contribution in [0.25, 0.3) is 6.08 Å². The fourth-order valence-corrected chi connectivity index (χ4v) is 4.74. The number of rotatable bonds is 7. The zero-order chi connectivity index (χ0) is 23.1. The maximum atomic E-state index is 12.8. The molecule has 170 valence electrons. The highest BCUT2D eigenvalue weighted by Crippen LogP contribution is 2.35. The number of esters is 2. The molecular weight excluding hydrogens is 450 g/mol. The van der Waals surface area contributed by atoms with Crippen LogP contribution in [-0.4, -0.2) is 30.6 Å². The first kappa shape index (κ1) is 24.0. The molecule has 0 atom stereocenters. The second kappa shape index (κ2) is 11.3. The van der Waals surface area contributed by atoms with E-state index in [1.165, 1.54) is 6.08 Å². The zero-order valence-corrected chi connectivity index (χ0v) is 19.7. The van der Waals surface area contributed by atoms with E-state index in [-0.39, 0.29) is 23.3 Å². The van der Waals surface area contributed by atoms with Gasteiger partial charge in [-0.2, -0.15) is 0 Å². The van der Waals surface area contributed by atoms with E-state index >= 15 is 0 Å². The Hall–Kier alpha value is -2.64. The minimum atomic E-state index is -0.588. The van der Waals surface area contributed by atoms with Gasteiger partial charge in [0.2, 0.25) is 5.91 Å². The average Bonchev–Trinajstić information content (AvgIpc) is 3.10. The summed E-state index contributed by atoms with van der Waals surface area (Å²) >= 11 is 6.91. The van der Waals surface area contributed by atoms with Gasteiger partial charge in [-0.15, -0.1) is 11.3 Å². The first-order chi connectivity index (χ1) is 15.4. The van der Waals surface area contributed by atoms with Crippen LogP contribution in [-0.2, 0) is 14.3 Å². The maximum absolute atomic E-state index is 12.8. The monoisotopic (exact) mass is 475 g/mol. The number of nitrogens with one attached hydrogen (secondary N) is 1. The number of hydrogen-bond donors (Lipinski definition) is 1. The molecular formula is C24H26ClNO5S. The SMILES string of the molecule is CCOC(=O)c1c(NC(=O)/C=C/c2ccc(Cl)cc2)sc(C(=O)OC2CCCCC2)c1C. The third kappa shape index (κ3) is 6.20. The molecule has 1 amide bonds. The highest BCUT2D eigenvalue weighted by molar-refractivity contribution is 7.18. The molecule has 6 nitrogen and oxygen atoms in total. The second-order valence-corrected chi connectivity index (χ2v) is 8.98. The minimum Gasteiger partial charge on any atom is -0.462 e. The van der Waals surface area contributed by atoms with E-state index in [4.69, 9.17) is 21.1 Å². The Balaban J connectivity index is 1.80. The highest BCUT2D eigenvalue weighted by Gasteiger charge is 2.28. The van der Waals surface area contributed by atoms with E-state index < -0.39 is 17.8 Å². The van der Waals surface area contributed by atoms with E-state index in [0.717, 1.165) is 49.0 Å². The summed E-state index contributed by atoms with van der Waals surface area (Å²) < 4.78 is 10.8. The lowest BCUT2D eigenvalue weighted by Gasteiger charge is -2.21. The molecule has 1 heterocycles. The van der Waals surface area contributed by atoms with E-state index in [1.807, 2.05) is 0 Å². The van der Waals surface area contributed by atoms with Crippen LogP contribution in [0.2, 0.25) is 5.02 Å². The number of carbonyl (C=O) groups excluding carboxylic acids is 3. The molecule has 1 saturated carbocycles. The van der Waals surface area contributed by atoms with Crippen LogP contribution >= 0.6 is 22.9 Å². The lowest BCUT2D eigenvalue weighted by molar-refractivity contribution is -0.111. The van der Waals surface area contributed by atoms with Gasteiger partial charge in [-0.1, -0.05) is 30.2 Å². The predicted octanol–water partition coefficient (Wildman–Crippen LogP) is 6.03. The fourth-order valence-electron chi connectivity index (χ4n) is 3.53. The summed E-state index contributed by atoms with van der Waals surface area (Å²) in [4.78, 5) is 38.2. The van der Waals surface area contributed by atoms with E-state index in [9.17, 15) is 14.4 Å². The van der Waals surface area contributed by atoms with Crippen molar-refractivity contribution in [2.24, 2.45) is 0 Å². The van der Waals surface area contributed by atoms with Crippen LogP contribution in [0, 0.1) is 6.92 Å². The second-order valence-electron chi connectivity index (χ2n) is 7.52. The van der Waals surface area contributed by atoms with Gasteiger partial charge >= 0.3 is 11.9 Å². The van der Waals surface area contributed by atoms with Crippen LogP contribution < -0.4 is 5.32 Å². The molecule has 2 aromatic rings. The van der Waals surface area contributed by atoms with Crippen LogP contribution in [0.1, 0.15) is 70.2 Å². The number of ether oxygens (including phenoxy) is 2. The Morgan fingerprint density at radius 1 is 1.12 bits per heavy atom. The number of anilines is 1. The first-order valence-corrected chi connectivity index (χ1v) is 11.8. The molecule has 0 unspecified atom stereocenters. The van der Waals surface area contributed by atoms with Crippen molar-refractivity contribution >= 4 is 51.9 Å². The van der Waals surface area contributed by atoms with Gasteiger partial charge in [-0.05, 0) is 68.9 Å². The molecule has 0 aliphatic heterocycles. The van der Waals surface area contributed by atoms with Crippen molar-refractivity contribution in [2.45, 2.75) is 52.1 Å². The number of hydrogen-bond acceptors (Lipinski definition) is 6. The Morgan fingerprint density at radius 2 is 1.81 bits per heavy atom. The average molecular weight is 476 g/mol. The molecule has 1 aromatic carbocycles. The summed E-state index contributed by atoms with van der Waals surface area (Å²) in [7, 11) is 0. The molecule has 1 aliphatic carbocycles. The molecule has 1 fully saturated rings. The van der Waals surface area contributed by atoms with Gasteiger partial charge in [-0.3, -0.25) is 4.79 Å². The van der Waals surface area contributed by atoms with Crippen molar-refractivity contribution in [1.29, 1.82) is 0 Å². The first-order valence-electron chi connectivity index (χ1n) is 10.6. The van der Waals surface area contributed by atoms with E-state index in [0.29, 0.717) is 15.5 Å². The number of thiophene rings is 1. The normalized spacial score (nSPS) is 14.3. The van der Waals surface area contributed by atoms with Gasteiger partial charge in [-0.25, -0.2) is 9.59 Å². The standard InChI is InChI=1S/C24H26ClNO5S/c1-3-30-23(28)20-15(2)21(24(29)31-18-7-5-4-6-8-18)32-22(20)26-19(27)14-11-16-9-12-17(25)13-10-16/h9-14,18H,3-8H2,1-2H3,(H,26,27)/b14-11+. The number of carbonyl (C=O) groups is 3. The topological polar surface area (TPSA) is 81.7 Å². The van der Waals surface area contributed by atoms with Crippen LogP contribution in [0.4, 0.5) is 5.00 Å². The van der Waals surface area contributed by atoms with Crippen LogP contribution in [0.15, 0.2) is 30.3 Å². The summed E-state index contributed by atoms with van der Waals surface area (Å²) in [5.41, 5.74) is 1.43. The molecule has 0 saturated heterocycles. The Morgan fingerprint density at radius 3 is 2.47 bits per heavy atom. The van der Waals surface area contributed by atoms with Crippen molar-refractivity contribution < 1.29 is 23.9 Å². The van der Waals surface area contributed by atoms with Crippen molar-refractivity contribution in [1.82, 2.24) is 0 Å². The zero-order valence-electron chi connectivity index (χ0n) is 18.1. The molecule has 0 radical (unpaired) electrons. The molecule has 0 bridgehead atoms. The minimum absolute atomic E-state index is 0.107. The van der Waals surface area contributed by atoms with Crippen molar-refractivity contribution in [3.63, 3.8) is 0 Å². The van der Waals surface area contributed by atoms with Gasteiger partial charge in [0.1, 0.15) is 16.0 Å². The van der Waals surface area contributed by atoms with Crippen molar-refractivity contribution in [3.05, 3.63) is 56.9 Å². The maximum Gasteiger partial charge on any atom is 0.348 e. The Labute approximate surface area is 196 Å². The lowest BCUT2D eigenvalue weighted by atomic mass is 9.98. The fraction of sp³-hybridized carbons (Fsp3) is 0.375. The third-order valence-corrected chi connectivity index (χ3v) is 6.61. The van der Waals surface area contributed by atoms with Crippen LogP contribution in [0.5, 0.6) is 0 Å². The summed E-state index contributed by atoms with van der Waals surface area (Å²) in [6, 6.07) is 7.02.